The Morgan fingerprint density at radius 3 is 2.50 bits per heavy atom. The van der Waals surface area contributed by atoms with E-state index >= 15 is 0 Å². The number of nitrogens with zero attached hydrogens (tertiary/aromatic N) is 6. The van der Waals surface area contributed by atoms with E-state index in [4.69, 9.17) is 11.5 Å². The summed E-state index contributed by atoms with van der Waals surface area (Å²) < 4.78 is 30.2. The van der Waals surface area contributed by atoms with Crippen molar-refractivity contribution in [2.45, 2.75) is 13.0 Å². The van der Waals surface area contributed by atoms with Crippen LogP contribution in [-0.4, -0.2) is 19.5 Å². The first-order chi connectivity index (χ1) is 16.2. The minimum atomic E-state index is -0.950. The van der Waals surface area contributed by atoms with E-state index in [2.05, 4.69) is 20.3 Å². The highest BCUT2D eigenvalue weighted by Gasteiger charge is 2.23. The van der Waals surface area contributed by atoms with Crippen LogP contribution in [0.25, 0.3) is 16.6 Å². The van der Waals surface area contributed by atoms with Crippen LogP contribution >= 0.6 is 0 Å². The molecule has 0 saturated heterocycles. The molecule has 2 aromatic heterocycles. The number of hydrogen-bond acceptors (Lipinski definition) is 9. The zero-order chi connectivity index (χ0) is 24.6. The average molecular weight is 459 g/mol. The summed E-state index contributed by atoms with van der Waals surface area (Å²) in [4.78, 5) is 25.3. The van der Waals surface area contributed by atoms with E-state index in [0.717, 1.165) is 16.7 Å². The van der Waals surface area contributed by atoms with Crippen LogP contribution in [0.15, 0.2) is 41.2 Å². The summed E-state index contributed by atoms with van der Waals surface area (Å²) in [5.41, 5.74) is 10.4. The molecule has 1 atom stereocenters. The fourth-order valence-corrected chi connectivity index (χ4v) is 3.47. The molecule has 168 valence electrons. The van der Waals surface area contributed by atoms with Crippen molar-refractivity contribution < 1.29 is 8.78 Å². The van der Waals surface area contributed by atoms with Crippen LogP contribution in [0.4, 0.5) is 26.4 Å². The van der Waals surface area contributed by atoms with E-state index in [1.54, 1.807) is 6.92 Å². The monoisotopic (exact) mass is 459 g/mol. The third-order valence-corrected chi connectivity index (χ3v) is 4.99. The Kier molecular flexibility index (Phi) is 5.49. The molecule has 0 fully saturated rings. The smallest absolute Gasteiger partial charge is 0.269 e. The van der Waals surface area contributed by atoms with Crippen LogP contribution in [0, 0.1) is 34.3 Å². The Morgan fingerprint density at radius 1 is 1.06 bits per heavy atom. The molecule has 12 heteroatoms. The van der Waals surface area contributed by atoms with Gasteiger partial charge in [-0.05, 0) is 37.3 Å². The number of hydrogen-bond donors (Lipinski definition) is 3. The van der Waals surface area contributed by atoms with E-state index in [-0.39, 0.29) is 40.2 Å². The predicted molar refractivity (Wildman–Crippen MR) is 120 cm³/mol. The first kappa shape index (κ1) is 22.1. The molecule has 2 aromatic carbocycles. The first-order valence-electron chi connectivity index (χ1n) is 9.76. The van der Waals surface area contributed by atoms with Gasteiger partial charge in [-0.2, -0.15) is 20.5 Å². The Hall–Kier alpha value is -5.10. The highest BCUT2D eigenvalue weighted by molar-refractivity contribution is 5.79. The molecule has 5 N–H and O–H groups in total. The molecule has 0 unspecified atom stereocenters. The molecule has 10 nitrogen and oxygen atoms in total. The van der Waals surface area contributed by atoms with Gasteiger partial charge < -0.3 is 16.8 Å². The maximum absolute atomic E-state index is 14.6. The van der Waals surface area contributed by atoms with Gasteiger partial charge in [0.1, 0.15) is 45.8 Å². The number of anilines is 3. The molecule has 4 rings (SSSR count). The lowest BCUT2D eigenvalue weighted by atomic mass is 10.1. The number of nitriles is 2. The third kappa shape index (κ3) is 3.69. The summed E-state index contributed by atoms with van der Waals surface area (Å²) in [7, 11) is 0. The minimum Gasteiger partial charge on any atom is -0.382 e. The molecule has 0 spiro atoms. The normalized spacial score (nSPS) is 11.6. The largest absolute Gasteiger partial charge is 0.382 e. The fourth-order valence-electron chi connectivity index (χ4n) is 3.47. The quantitative estimate of drug-likeness (QED) is 0.414. The lowest BCUT2D eigenvalue weighted by Gasteiger charge is -2.21. The molecular weight excluding hydrogens is 444 g/mol. The zero-order valence-electron chi connectivity index (χ0n) is 17.5. The maximum atomic E-state index is 14.6. The molecule has 0 radical (unpaired) electrons. The van der Waals surface area contributed by atoms with Crippen molar-refractivity contribution in [1.82, 2.24) is 19.5 Å². The van der Waals surface area contributed by atoms with Crippen LogP contribution in [0.1, 0.15) is 29.9 Å². The maximum Gasteiger partial charge on any atom is 0.269 e. The number of nitrogen functional groups attached to an aromatic ring is 2. The summed E-state index contributed by atoms with van der Waals surface area (Å²) in [6, 6.07) is 10.6. The molecule has 0 aliphatic heterocycles. The lowest BCUT2D eigenvalue weighted by molar-refractivity contribution is 0.609. The average Bonchev–Trinajstić information content (AvgIpc) is 2.80. The lowest BCUT2D eigenvalue weighted by Crippen LogP contribution is -2.28. The number of halogens is 2. The van der Waals surface area contributed by atoms with E-state index in [9.17, 15) is 24.1 Å². The summed E-state index contributed by atoms with van der Waals surface area (Å²) in [6.45, 7) is 1.56. The molecule has 0 amide bonds. The summed E-state index contributed by atoms with van der Waals surface area (Å²) in [5.74, 6) is -2.29. The van der Waals surface area contributed by atoms with Crippen LogP contribution in [0.2, 0.25) is 0 Å². The van der Waals surface area contributed by atoms with E-state index < -0.39 is 34.1 Å². The van der Waals surface area contributed by atoms with Crippen molar-refractivity contribution in [3.05, 3.63) is 75.3 Å². The second-order valence-corrected chi connectivity index (χ2v) is 7.19. The fraction of sp³-hybridized carbons (Fsp3) is 0.0909. The van der Waals surface area contributed by atoms with Gasteiger partial charge >= 0.3 is 0 Å². The zero-order valence-corrected chi connectivity index (χ0v) is 17.5. The molecule has 4 aromatic rings. The van der Waals surface area contributed by atoms with Crippen molar-refractivity contribution in [2.75, 3.05) is 16.8 Å². The molecule has 34 heavy (non-hydrogen) atoms. The van der Waals surface area contributed by atoms with Crippen molar-refractivity contribution in [3.8, 4) is 17.8 Å². The van der Waals surface area contributed by atoms with Gasteiger partial charge in [0.2, 0.25) is 5.95 Å². The highest BCUT2D eigenvalue weighted by Crippen LogP contribution is 2.26. The summed E-state index contributed by atoms with van der Waals surface area (Å²) in [6.07, 6.45) is 0. The van der Waals surface area contributed by atoms with Crippen LogP contribution < -0.4 is 22.3 Å². The molecule has 0 aliphatic rings. The van der Waals surface area contributed by atoms with Gasteiger partial charge in [-0.1, -0.05) is 6.07 Å². The van der Waals surface area contributed by atoms with Gasteiger partial charge in [-0.15, -0.1) is 0 Å². The van der Waals surface area contributed by atoms with E-state index in [0.29, 0.717) is 0 Å². The second kappa shape index (κ2) is 8.44. The Labute approximate surface area is 190 Å². The van der Waals surface area contributed by atoms with E-state index in [1.165, 1.54) is 24.3 Å². The second-order valence-electron chi connectivity index (χ2n) is 7.19. The van der Waals surface area contributed by atoms with Crippen molar-refractivity contribution in [1.29, 1.82) is 10.5 Å². The van der Waals surface area contributed by atoms with Crippen LogP contribution in [-0.2, 0) is 0 Å². The van der Waals surface area contributed by atoms with Gasteiger partial charge in [-0.3, -0.25) is 9.36 Å². The predicted octanol–water partition coefficient (Wildman–Crippen LogP) is 2.53. The molecular formula is C22H15F2N9O. The molecule has 0 saturated carbocycles. The SMILES string of the molecule is C[C@H](Nc1nc(N)nc(N)c1C#N)c1nc2c(F)ccc(F)c2c(=O)n1-c1cccc(C#N)c1. The molecule has 0 aliphatic carbocycles. The van der Waals surface area contributed by atoms with Gasteiger partial charge in [0.15, 0.2) is 5.82 Å². The standard InChI is InChI=1S/C22H15F2N9O/c1-10(29-19-13(9-26)18(27)31-22(28)32-19)20-30-17-15(24)6-5-14(23)16(17)21(34)33(20)12-4-2-3-11(7-12)8-25/h2-7,10H,1H3,(H5,27,28,29,31,32)/t10-/m0/s1. The van der Waals surface area contributed by atoms with Crippen molar-refractivity contribution >= 4 is 28.5 Å². The number of nitrogens with one attached hydrogen (secondary N) is 1. The van der Waals surface area contributed by atoms with Crippen LogP contribution in [0.5, 0.6) is 0 Å². The van der Waals surface area contributed by atoms with E-state index in [1.807, 2.05) is 12.1 Å². The van der Waals surface area contributed by atoms with Gasteiger partial charge in [-0.25, -0.2) is 13.8 Å². The Balaban J connectivity index is 2.00. The summed E-state index contributed by atoms with van der Waals surface area (Å²) >= 11 is 0. The number of nitrogens with two attached hydrogens (primary N) is 2. The van der Waals surface area contributed by atoms with Gasteiger partial charge in [0, 0.05) is 0 Å². The van der Waals surface area contributed by atoms with Crippen molar-refractivity contribution in [3.63, 3.8) is 0 Å². The highest BCUT2D eigenvalue weighted by atomic mass is 19.1. The number of rotatable bonds is 4. The number of fused-ring (bicyclic) bond motifs is 1. The van der Waals surface area contributed by atoms with Crippen molar-refractivity contribution in [2.24, 2.45) is 0 Å². The Bertz CT molecular complexity index is 1600. The Morgan fingerprint density at radius 2 is 1.79 bits per heavy atom. The topological polar surface area (TPSA) is 172 Å². The van der Waals surface area contributed by atoms with Gasteiger partial charge in [0.25, 0.3) is 5.56 Å². The number of aromatic nitrogens is 4. The third-order valence-electron chi connectivity index (χ3n) is 4.99. The molecule has 0 bridgehead atoms. The van der Waals surface area contributed by atoms with Crippen LogP contribution in [0.3, 0.4) is 0 Å². The van der Waals surface area contributed by atoms with Gasteiger partial charge in [0.05, 0.1) is 23.4 Å². The first-order valence-corrected chi connectivity index (χ1v) is 9.76. The summed E-state index contributed by atoms with van der Waals surface area (Å²) in [5, 5.41) is 21.0. The number of benzene rings is 2. The molecule has 2 heterocycles. The minimum absolute atomic E-state index is 0.0358.